The van der Waals surface area contributed by atoms with Crippen molar-refractivity contribution in [2.45, 2.75) is 18.5 Å². The Labute approximate surface area is 203 Å². The first kappa shape index (κ1) is 22.1. The van der Waals surface area contributed by atoms with Gasteiger partial charge in [-0.05, 0) is 49.1 Å². The van der Waals surface area contributed by atoms with Crippen LogP contribution >= 0.6 is 23.4 Å². The van der Waals surface area contributed by atoms with Gasteiger partial charge in [-0.3, -0.25) is 4.79 Å². The minimum atomic E-state index is -0.306. The Kier molecular flexibility index (Phi) is 5.80. The largest absolute Gasteiger partial charge is 0.454 e. The van der Waals surface area contributed by atoms with E-state index in [0.717, 1.165) is 5.56 Å². The summed E-state index contributed by atoms with van der Waals surface area (Å²) in [4.78, 5) is 17.1. The number of ether oxygens (including phenoxy) is 2. The lowest BCUT2D eigenvalue weighted by Gasteiger charge is -2.08. The Morgan fingerprint density at radius 2 is 2.06 bits per heavy atom. The molecule has 4 aromatic rings. The predicted octanol–water partition coefficient (Wildman–Crippen LogP) is 4.23. The molecule has 5 rings (SSSR count). The second kappa shape index (κ2) is 8.92. The lowest BCUT2D eigenvalue weighted by Crippen LogP contribution is -2.20. The topological polar surface area (TPSA) is 130 Å². The molecule has 3 N–H and O–H groups in total. The monoisotopic (exact) mass is 498 g/mol. The highest BCUT2D eigenvalue weighted by Gasteiger charge is 2.24. The Bertz CT molecular complexity index is 1400. The third kappa shape index (κ3) is 4.15. The smallest absolute Gasteiger partial charge is 0.264 e. The first-order valence-electron chi connectivity index (χ1n) is 10.1. The molecule has 0 saturated heterocycles. The molecule has 3 heterocycles. The van der Waals surface area contributed by atoms with Crippen molar-refractivity contribution in [2.24, 2.45) is 0 Å². The number of fused-ring (bicyclic) bond motifs is 1. The zero-order chi connectivity index (χ0) is 23.8. The third-order valence-electron chi connectivity index (χ3n) is 5.17. The number of nitrogens with two attached hydrogens (primary N) is 1. The van der Waals surface area contributed by atoms with Crippen LogP contribution in [-0.4, -0.2) is 38.9 Å². The molecule has 1 aliphatic heterocycles. The van der Waals surface area contributed by atoms with Crippen LogP contribution in [0.2, 0.25) is 5.02 Å². The molecule has 1 aliphatic rings. The normalized spacial score (nSPS) is 12.2. The van der Waals surface area contributed by atoms with Crippen LogP contribution in [0.3, 0.4) is 0 Å². The highest BCUT2D eigenvalue weighted by atomic mass is 35.5. The van der Waals surface area contributed by atoms with Crippen LogP contribution in [0.5, 0.6) is 11.5 Å². The number of hydrogen-bond acceptors (Lipinski definition) is 9. The average molecular weight is 499 g/mol. The molecule has 0 saturated carbocycles. The van der Waals surface area contributed by atoms with Gasteiger partial charge in [0.2, 0.25) is 18.5 Å². The zero-order valence-electron chi connectivity index (χ0n) is 18.2. The van der Waals surface area contributed by atoms with Crippen LogP contribution in [0.1, 0.15) is 5.56 Å². The molecule has 1 amide bonds. The highest BCUT2D eigenvalue weighted by molar-refractivity contribution is 7.98. The SMILES string of the molecule is CSc1nn(CC(=O)Nc2ccc(C)c(Cl)c2)c(N)c1-c1nc(-c2ccc3c(c2)OCO3)no1. The van der Waals surface area contributed by atoms with Crippen LogP contribution in [0.25, 0.3) is 22.8 Å². The maximum Gasteiger partial charge on any atom is 0.264 e. The van der Waals surface area contributed by atoms with Gasteiger partial charge in [0, 0.05) is 16.3 Å². The standard InChI is InChI=1S/C22H19ClN6O4S/c1-11-3-5-13(8-14(11)23)25-17(30)9-29-19(24)18(22(27-29)34-2)21-26-20(28-33-21)12-4-6-15-16(7-12)32-10-31-15/h3-8H,9-10,24H2,1-2H3,(H,25,30). The molecule has 12 heteroatoms. The van der Waals surface area contributed by atoms with Crippen LogP contribution in [0, 0.1) is 6.92 Å². The Morgan fingerprint density at radius 1 is 1.24 bits per heavy atom. The van der Waals surface area contributed by atoms with E-state index in [4.69, 9.17) is 31.3 Å². The number of aryl methyl sites for hydroxylation is 1. The van der Waals surface area contributed by atoms with E-state index in [1.165, 1.54) is 16.4 Å². The summed E-state index contributed by atoms with van der Waals surface area (Å²) in [5, 5.41) is 12.4. The van der Waals surface area contributed by atoms with Gasteiger partial charge >= 0.3 is 0 Å². The van der Waals surface area contributed by atoms with Crippen molar-refractivity contribution < 1.29 is 18.8 Å². The Morgan fingerprint density at radius 3 is 2.85 bits per heavy atom. The number of nitrogens with one attached hydrogen (secondary N) is 1. The molecule has 2 aromatic carbocycles. The number of carbonyl (C=O) groups excluding carboxylic acids is 1. The Hall–Kier alpha value is -3.70. The van der Waals surface area contributed by atoms with Crippen molar-refractivity contribution >= 4 is 40.8 Å². The van der Waals surface area contributed by atoms with Gasteiger partial charge in [0.25, 0.3) is 5.89 Å². The molecule has 2 aromatic heterocycles. The fraction of sp³-hybridized carbons (Fsp3) is 0.182. The quantitative estimate of drug-likeness (QED) is 0.375. The predicted molar refractivity (Wildman–Crippen MR) is 128 cm³/mol. The summed E-state index contributed by atoms with van der Waals surface area (Å²) >= 11 is 7.50. The van der Waals surface area contributed by atoms with Crippen molar-refractivity contribution in [3.8, 4) is 34.3 Å². The maximum atomic E-state index is 12.6. The first-order valence-corrected chi connectivity index (χ1v) is 11.7. The van der Waals surface area contributed by atoms with Crippen molar-refractivity contribution in [1.29, 1.82) is 0 Å². The molecular weight excluding hydrogens is 480 g/mol. The molecule has 0 fully saturated rings. The number of anilines is 2. The van der Waals surface area contributed by atoms with Gasteiger partial charge in [-0.1, -0.05) is 22.8 Å². The number of carbonyl (C=O) groups is 1. The van der Waals surface area contributed by atoms with E-state index in [9.17, 15) is 4.79 Å². The van der Waals surface area contributed by atoms with Gasteiger partial charge in [0.15, 0.2) is 11.5 Å². The number of thioether (sulfide) groups is 1. The minimum Gasteiger partial charge on any atom is -0.454 e. The summed E-state index contributed by atoms with van der Waals surface area (Å²) in [6, 6.07) is 10.7. The van der Waals surface area contributed by atoms with Crippen molar-refractivity contribution in [2.75, 3.05) is 24.1 Å². The van der Waals surface area contributed by atoms with Gasteiger partial charge < -0.3 is 25.0 Å². The van der Waals surface area contributed by atoms with E-state index < -0.39 is 0 Å². The maximum absolute atomic E-state index is 12.6. The van der Waals surface area contributed by atoms with E-state index in [-0.39, 0.29) is 31.0 Å². The van der Waals surface area contributed by atoms with Crippen LogP contribution in [-0.2, 0) is 11.3 Å². The second-order valence-electron chi connectivity index (χ2n) is 7.43. The van der Waals surface area contributed by atoms with Crippen LogP contribution in [0.15, 0.2) is 45.9 Å². The molecule has 0 spiro atoms. The van der Waals surface area contributed by atoms with E-state index in [1.807, 2.05) is 25.3 Å². The van der Waals surface area contributed by atoms with Crippen LogP contribution < -0.4 is 20.5 Å². The number of amides is 1. The third-order valence-corrected chi connectivity index (χ3v) is 6.25. The van der Waals surface area contributed by atoms with Gasteiger partial charge in [0.1, 0.15) is 23.0 Å². The second-order valence-corrected chi connectivity index (χ2v) is 8.63. The number of nitrogens with zero attached hydrogens (tertiary/aromatic N) is 4. The van der Waals surface area contributed by atoms with E-state index in [1.54, 1.807) is 24.3 Å². The number of benzene rings is 2. The summed E-state index contributed by atoms with van der Waals surface area (Å²) in [5.41, 5.74) is 9.02. The summed E-state index contributed by atoms with van der Waals surface area (Å²) in [6.45, 7) is 1.96. The van der Waals surface area contributed by atoms with E-state index in [2.05, 4.69) is 20.6 Å². The lowest BCUT2D eigenvalue weighted by molar-refractivity contribution is -0.116. The fourth-order valence-electron chi connectivity index (χ4n) is 3.40. The molecule has 174 valence electrons. The summed E-state index contributed by atoms with van der Waals surface area (Å²) in [5.74, 6) is 1.77. The molecular formula is C22H19ClN6O4S. The van der Waals surface area contributed by atoms with Crippen molar-refractivity contribution in [3.05, 3.63) is 47.0 Å². The van der Waals surface area contributed by atoms with Crippen molar-refractivity contribution in [3.63, 3.8) is 0 Å². The van der Waals surface area contributed by atoms with E-state index in [0.29, 0.717) is 44.2 Å². The number of aromatic nitrogens is 4. The molecule has 34 heavy (non-hydrogen) atoms. The van der Waals surface area contributed by atoms with Gasteiger partial charge in [-0.25, -0.2) is 4.68 Å². The highest BCUT2D eigenvalue weighted by Crippen LogP contribution is 2.37. The number of nitrogen functional groups attached to an aromatic ring is 1. The summed E-state index contributed by atoms with van der Waals surface area (Å²) in [6.07, 6.45) is 1.85. The first-order chi connectivity index (χ1) is 16.4. The number of rotatable bonds is 6. The zero-order valence-corrected chi connectivity index (χ0v) is 19.7. The van der Waals surface area contributed by atoms with Gasteiger partial charge in [-0.2, -0.15) is 10.1 Å². The molecule has 0 bridgehead atoms. The number of halogens is 1. The molecule has 10 nitrogen and oxygen atoms in total. The van der Waals surface area contributed by atoms with E-state index >= 15 is 0 Å². The molecule has 0 aliphatic carbocycles. The van der Waals surface area contributed by atoms with Crippen LogP contribution in [0.4, 0.5) is 11.5 Å². The molecule has 0 radical (unpaired) electrons. The Balaban J connectivity index is 1.38. The average Bonchev–Trinajstić information content (AvgIpc) is 3.55. The summed E-state index contributed by atoms with van der Waals surface area (Å²) < 4.78 is 17.6. The number of hydrogen-bond donors (Lipinski definition) is 2. The lowest BCUT2D eigenvalue weighted by atomic mass is 10.2. The fourth-order valence-corrected chi connectivity index (χ4v) is 4.16. The van der Waals surface area contributed by atoms with Gasteiger partial charge in [0.05, 0.1) is 0 Å². The molecule has 0 atom stereocenters. The van der Waals surface area contributed by atoms with Gasteiger partial charge in [-0.15, -0.1) is 11.8 Å². The molecule has 0 unspecified atom stereocenters. The minimum absolute atomic E-state index is 0.103. The summed E-state index contributed by atoms with van der Waals surface area (Å²) in [7, 11) is 0. The van der Waals surface area contributed by atoms with Crippen molar-refractivity contribution in [1.82, 2.24) is 19.9 Å².